The summed E-state index contributed by atoms with van der Waals surface area (Å²) in [5, 5.41) is 15.1. The third kappa shape index (κ3) is 6.45. The molecule has 8 nitrogen and oxygen atoms in total. The lowest BCUT2D eigenvalue weighted by atomic mass is 9.96. The van der Waals surface area contributed by atoms with Crippen molar-refractivity contribution < 1.29 is 14.3 Å². The normalized spacial score (nSPS) is 14.0. The lowest BCUT2D eigenvalue weighted by Gasteiger charge is -2.31. The summed E-state index contributed by atoms with van der Waals surface area (Å²) in [6, 6.07) is 17.0. The molecule has 1 saturated heterocycles. The maximum atomic E-state index is 12.6. The molecule has 0 radical (unpaired) electrons. The molecule has 0 spiro atoms. The molecule has 3 aromatic rings. The standard InChI is InChI=1S/C23H25N5O3S2/c1-31-19-9-7-18(8-10-19)25-22-26-27-23(33-22)32-15-20(29)28-13-11-16(12-14-28)21(30)24-17-5-3-2-4-6-17/h2-10,16H,11-15H2,1H3,(H,24,30)(H,25,26). The second-order valence-corrected chi connectivity index (χ2v) is 9.73. The second kappa shape index (κ2) is 11.2. The van der Waals surface area contributed by atoms with Gasteiger partial charge in [-0.1, -0.05) is 41.3 Å². The van der Waals surface area contributed by atoms with Gasteiger partial charge in [0.15, 0.2) is 4.34 Å². The molecule has 1 aliphatic heterocycles. The smallest absolute Gasteiger partial charge is 0.233 e. The number of carbonyl (C=O) groups excluding carboxylic acids is 2. The van der Waals surface area contributed by atoms with Crippen molar-refractivity contribution in [2.45, 2.75) is 17.2 Å². The lowest BCUT2D eigenvalue weighted by Crippen LogP contribution is -2.42. The van der Waals surface area contributed by atoms with Gasteiger partial charge in [0.1, 0.15) is 5.75 Å². The van der Waals surface area contributed by atoms with Crippen molar-refractivity contribution >= 4 is 51.4 Å². The van der Waals surface area contributed by atoms with Gasteiger partial charge in [-0.05, 0) is 49.2 Å². The van der Waals surface area contributed by atoms with Gasteiger partial charge in [-0.3, -0.25) is 9.59 Å². The van der Waals surface area contributed by atoms with Gasteiger partial charge in [-0.2, -0.15) is 0 Å². The molecule has 0 atom stereocenters. The van der Waals surface area contributed by atoms with E-state index < -0.39 is 0 Å². The molecule has 2 aromatic carbocycles. The molecule has 4 rings (SSSR count). The monoisotopic (exact) mass is 483 g/mol. The number of nitrogens with one attached hydrogen (secondary N) is 2. The summed E-state index contributed by atoms with van der Waals surface area (Å²) in [4.78, 5) is 26.9. The molecule has 0 aliphatic carbocycles. The first-order valence-corrected chi connectivity index (χ1v) is 12.4. The van der Waals surface area contributed by atoms with Crippen LogP contribution >= 0.6 is 23.1 Å². The molecular weight excluding hydrogens is 458 g/mol. The third-order valence-corrected chi connectivity index (χ3v) is 7.28. The Balaban J connectivity index is 1.20. The zero-order valence-corrected chi connectivity index (χ0v) is 19.8. The minimum atomic E-state index is -0.0725. The van der Waals surface area contributed by atoms with Crippen LogP contribution in [0.2, 0.25) is 0 Å². The maximum Gasteiger partial charge on any atom is 0.233 e. The van der Waals surface area contributed by atoms with Gasteiger partial charge in [0.2, 0.25) is 16.9 Å². The zero-order valence-electron chi connectivity index (χ0n) is 18.2. The van der Waals surface area contributed by atoms with Crippen LogP contribution in [-0.4, -0.2) is 52.9 Å². The number of amides is 2. The summed E-state index contributed by atoms with van der Waals surface area (Å²) in [5.41, 5.74) is 1.69. The number of thioether (sulfide) groups is 1. The Morgan fingerprint density at radius 2 is 1.79 bits per heavy atom. The molecule has 2 N–H and O–H groups in total. The van der Waals surface area contributed by atoms with Crippen LogP contribution in [0, 0.1) is 5.92 Å². The highest BCUT2D eigenvalue weighted by atomic mass is 32.2. The summed E-state index contributed by atoms with van der Waals surface area (Å²) in [6.07, 6.45) is 1.34. The minimum Gasteiger partial charge on any atom is -0.497 e. The molecule has 172 valence electrons. The molecule has 2 amide bonds. The Hall–Kier alpha value is -3.11. The first kappa shape index (κ1) is 23.1. The van der Waals surface area contributed by atoms with Crippen molar-refractivity contribution in [2.24, 2.45) is 5.92 Å². The van der Waals surface area contributed by atoms with E-state index in [1.165, 1.54) is 23.1 Å². The van der Waals surface area contributed by atoms with Gasteiger partial charge in [0, 0.05) is 30.4 Å². The van der Waals surface area contributed by atoms with E-state index >= 15 is 0 Å². The Kier molecular flexibility index (Phi) is 7.79. The van der Waals surface area contributed by atoms with Gasteiger partial charge in [0.05, 0.1) is 12.9 Å². The fraction of sp³-hybridized carbons (Fsp3) is 0.304. The number of likely N-dealkylation sites (tertiary alicyclic amines) is 1. The Morgan fingerprint density at radius 1 is 1.06 bits per heavy atom. The SMILES string of the molecule is COc1ccc(Nc2nnc(SCC(=O)N3CCC(C(=O)Nc4ccccc4)CC3)s2)cc1. The summed E-state index contributed by atoms with van der Waals surface area (Å²) >= 11 is 2.79. The van der Waals surface area contributed by atoms with Crippen molar-refractivity contribution in [1.29, 1.82) is 0 Å². The summed E-state index contributed by atoms with van der Waals surface area (Å²) in [5.74, 6) is 1.10. The molecule has 0 bridgehead atoms. The largest absolute Gasteiger partial charge is 0.497 e. The molecule has 1 fully saturated rings. The van der Waals surface area contributed by atoms with Gasteiger partial charge in [-0.15, -0.1) is 10.2 Å². The molecule has 2 heterocycles. The van der Waals surface area contributed by atoms with Gasteiger partial charge in [0.25, 0.3) is 0 Å². The number of anilines is 3. The topological polar surface area (TPSA) is 96.4 Å². The highest BCUT2D eigenvalue weighted by Crippen LogP contribution is 2.29. The predicted molar refractivity (Wildman–Crippen MR) is 131 cm³/mol. The van der Waals surface area contributed by atoms with Gasteiger partial charge in [-0.25, -0.2) is 0 Å². The second-order valence-electron chi connectivity index (χ2n) is 7.53. The van der Waals surface area contributed by atoms with Crippen LogP contribution in [0.15, 0.2) is 58.9 Å². The Labute approximate surface area is 200 Å². The number of hydrogen-bond acceptors (Lipinski definition) is 8. The number of nitrogens with zero attached hydrogens (tertiary/aromatic N) is 3. The minimum absolute atomic E-state index is 0.0217. The average Bonchev–Trinajstić information content (AvgIpc) is 3.31. The van der Waals surface area contributed by atoms with Crippen LogP contribution in [0.5, 0.6) is 5.75 Å². The molecule has 0 saturated carbocycles. The van der Waals surface area contributed by atoms with Crippen LogP contribution in [0.3, 0.4) is 0 Å². The third-order valence-electron chi connectivity index (χ3n) is 5.33. The predicted octanol–water partition coefficient (Wildman–Crippen LogP) is 4.26. The van der Waals surface area contributed by atoms with Crippen molar-refractivity contribution in [3.63, 3.8) is 0 Å². The van der Waals surface area contributed by atoms with Crippen LogP contribution in [0.25, 0.3) is 0 Å². The Bertz CT molecular complexity index is 1070. The average molecular weight is 484 g/mol. The molecular formula is C23H25N5O3S2. The molecule has 1 aromatic heterocycles. The number of para-hydroxylation sites is 1. The molecule has 33 heavy (non-hydrogen) atoms. The highest BCUT2D eigenvalue weighted by molar-refractivity contribution is 8.01. The van der Waals surface area contributed by atoms with Crippen LogP contribution in [0.1, 0.15) is 12.8 Å². The van der Waals surface area contributed by atoms with Gasteiger partial charge >= 0.3 is 0 Å². The van der Waals surface area contributed by atoms with E-state index in [1.807, 2.05) is 59.5 Å². The van der Waals surface area contributed by atoms with Crippen molar-refractivity contribution in [1.82, 2.24) is 15.1 Å². The van der Waals surface area contributed by atoms with Crippen LogP contribution in [-0.2, 0) is 9.59 Å². The van der Waals surface area contributed by atoms with Gasteiger partial charge < -0.3 is 20.3 Å². The number of benzene rings is 2. The molecule has 0 unspecified atom stereocenters. The first-order valence-electron chi connectivity index (χ1n) is 10.6. The molecule has 1 aliphatic rings. The number of rotatable bonds is 8. The Morgan fingerprint density at radius 3 is 2.48 bits per heavy atom. The van der Waals surface area contributed by atoms with Crippen LogP contribution < -0.4 is 15.4 Å². The van der Waals surface area contributed by atoms with Crippen molar-refractivity contribution in [3.8, 4) is 5.75 Å². The summed E-state index contributed by atoms with van der Waals surface area (Å²) < 4.78 is 5.89. The van der Waals surface area contributed by atoms with Crippen molar-refractivity contribution in [2.75, 3.05) is 36.6 Å². The van der Waals surface area contributed by atoms with Crippen LogP contribution in [0.4, 0.5) is 16.5 Å². The maximum absolute atomic E-state index is 12.6. The number of methoxy groups -OCH3 is 1. The van der Waals surface area contributed by atoms with E-state index in [1.54, 1.807) is 7.11 Å². The zero-order chi connectivity index (χ0) is 23.0. The number of hydrogen-bond donors (Lipinski definition) is 2. The number of ether oxygens (including phenoxy) is 1. The number of carbonyl (C=O) groups is 2. The van der Waals surface area contributed by atoms with E-state index in [0.29, 0.717) is 36.8 Å². The van der Waals surface area contributed by atoms with E-state index in [4.69, 9.17) is 4.74 Å². The molecule has 10 heteroatoms. The summed E-state index contributed by atoms with van der Waals surface area (Å²) in [7, 11) is 1.63. The quantitative estimate of drug-likeness (QED) is 0.462. The fourth-order valence-electron chi connectivity index (χ4n) is 3.49. The summed E-state index contributed by atoms with van der Waals surface area (Å²) in [6.45, 7) is 1.18. The number of aromatic nitrogens is 2. The first-order chi connectivity index (χ1) is 16.1. The lowest BCUT2D eigenvalue weighted by molar-refractivity contribution is -0.132. The fourth-order valence-corrected chi connectivity index (χ4v) is 5.16. The van der Waals surface area contributed by atoms with E-state index in [-0.39, 0.29) is 17.7 Å². The van der Waals surface area contributed by atoms with Crippen molar-refractivity contribution in [3.05, 3.63) is 54.6 Å². The number of piperidine rings is 1. The highest BCUT2D eigenvalue weighted by Gasteiger charge is 2.27. The van der Waals surface area contributed by atoms with E-state index in [9.17, 15) is 9.59 Å². The van der Waals surface area contributed by atoms with E-state index in [2.05, 4.69) is 20.8 Å². The van der Waals surface area contributed by atoms with E-state index in [0.717, 1.165) is 21.5 Å².